The van der Waals surface area contributed by atoms with Gasteiger partial charge in [-0.05, 0) is 62.4 Å². The Bertz CT molecular complexity index is 1160. The molecule has 0 saturated heterocycles. The number of anilines is 1. The number of aryl methyl sites for hydroxylation is 1. The summed E-state index contributed by atoms with van der Waals surface area (Å²) < 4.78 is 27.3. The van der Waals surface area contributed by atoms with E-state index in [0.29, 0.717) is 11.3 Å². The van der Waals surface area contributed by atoms with Crippen LogP contribution in [0.5, 0.6) is 0 Å². The third-order valence-corrected chi connectivity index (χ3v) is 6.56. The van der Waals surface area contributed by atoms with Crippen molar-refractivity contribution in [3.8, 4) is 0 Å². The molecule has 0 atom stereocenters. The van der Waals surface area contributed by atoms with Crippen LogP contribution in [-0.4, -0.2) is 26.8 Å². The predicted molar refractivity (Wildman–Crippen MR) is 119 cm³/mol. The molecule has 3 rings (SSSR count). The summed E-state index contributed by atoms with van der Waals surface area (Å²) in [5.41, 5.74) is 6.88. The number of hydrogen-bond acceptors (Lipinski definition) is 4. The summed E-state index contributed by atoms with van der Waals surface area (Å²) in [6.45, 7) is 3.93. The second-order valence-corrected chi connectivity index (χ2v) is 8.67. The maximum Gasteiger partial charge on any atom is 0.269 e. The summed E-state index contributed by atoms with van der Waals surface area (Å²) in [7, 11) is -3.78. The summed E-state index contributed by atoms with van der Waals surface area (Å²) in [5, 5.41) is 0. The number of nitrogens with zero attached hydrogens (tertiary/aromatic N) is 1. The monoisotopic (exact) mass is 437 g/mol. The minimum absolute atomic E-state index is 0.0680. The minimum Gasteiger partial charge on any atom is -0.267 e. The molecule has 0 heterocycles. The molecule has 2 amide bonds. The molecule has 7 nitrogen and oxygen atoms in total. The van der Waals surface area contributed by atoms with Gasteiger partial charge in [-0.25, -0.2) is 8.42 Å². The Morgan fingerprint density at radius 1 is 0.774 bits per heavy atom. The number of rotatable bonds is 6. The molecule has 0 aliphatic rings. The summed E-state index contributed by atoms with van der Waals surface area (Å²) in [4.78, 5) is 24.5. The van der Waals surface area contributed by atoms with Crippen LogP contribution in [0.15, 0.2) is 83.8 Å². The molecule has 160 valence electrons. The Morgan fingerprint density at radius 2 is 1.26 bits per heavy atom. The van der Waals surface area contributed by atoms with Crippen LogP contribution in [-0.2, 0) is 10.0 Å². The molecule has 0 aliphatic carbocycles. The highest BCUT2D eigenvalue weighted by molar-refractivity contribution is 7.92. The maximum atomic E-state index is 13.0. The standard InChI is InChI=1S/C23H23N3O4S/c1-3-26(20-7-5-4-6-8-20)31(29,30)21-15-13-19(14-16-21)23(28)25-24-22(27)18-11-9-17(2)10-12-18/h4-16H,3H2,1-2H3,(H,24,27)(H,25,28). The van der Waals surface area contributed by atoms with Gasteiger partial charge in [-0.2, -0.15) is 0 Å². The Hall–Kier alpha value is -3.65. The van der Waals surface area contributed by atoms with Gasteiger partial charge in [-0.15, -0.1) is 0 Å². The van der Waals surface area contributed by atoms with Gasteiger partial charge in [0.2, 0.25) is 0 Å². The molecule has 8 heteroatoms. The van der Waals surface area contributed by atoms with E-state index in [1.54, 1.807) is 55.5 Å². The molecule has 0 fully saturated rings. The van der Waals surface area contributed by atoms with E-state index in [1.165, 1.54) is 28.6 Å². The fourth-order valence-electron chi connectivity index (χ4n) is 2.95. The van der Waals surface area contributed by atoms with Gasteiger partial charge in [-0.1, -0.05) is 35.9 Å². The number of carbonyl (C=O) groups is 2. The third-order valence-electron chi connectivity index (χ3n) is 4.64. The lowest BCUT2D eigenvalue weighted by Crippen LogP contribution is -2.41. The van der Waals surface area contributed by atoms with Crippen molar-refractivity contribution >= 4 is 27.5 Å². The van der Waals surface area contributed by atoms with E-state index >= 15 is 0 Å². The van der Waals surface area contributed by atoms with E-state index in [2.05, 4.69) is 10.9 Å². The molecule has 0 bridgehead atoms. The SMILES string of the molecule is CCN(c1ccccc1)S(=O)(=O)c1ccc(C(=O)NNC(=O)c2ccc(C)cc2)cc1. The molecule has 0 unspecified atom stereocenters. The first-order valence-corrected chi connectivity index (χ1v) is 11.1. The molecule has 0 spiro atoms. The van der Waals surface area contributed by atoms with Crippen LogP contribution >= 0.6 is 0 Å². The van der Waals surface area contributed by atoms with Crippen molar-refractivity contribution in [2.75, 3.05) is 10.8 Å². The van der Waals surface area contributed by atoms with Crippen LogP contribution in [0.2, 0.25) is 0 Å². The number of carbonyl (C=O) groups excluding carboxylic acids is 2. The van der Waals surface area contributed by atoms with Gasteiger partial charge in [0.1, 0.15) is 0 Å². The molecule has 3 aromatic rings. The Morgan fingerprint density at radius 3 is 1.74 bits per heavy atom. The summed E-state index contributed by atoms with van der Waals surface area (Å²) >= 11 is 0. The zero-order chi connectivity index (χ0) is 22.4. The van der Waals surface area contributed by atoms with Gasteiger partial charge in [0, 0.05) is 17.7 Å². The number of para-hydroxylation sites is 1. The highest BCUT2D eigenvalue weighted by Gasteiger charge is 2.23. The van der Waals surface area contributed by atoms with E-state index in [0.717, 1.165) is 5.56 Å². The molecule has 3 aromatic carbocycles. The molecule has 2 N–H and O–H groups in total. The number of nitrogens with one attached hydrogen (secondary N) is 2. The predicted octanol–water partition coefficient (Wildman–Crippen LogP) is 3.29. The quantitative estimate of drug-likeness (QED) is 0.579. The summed E-state index contributed by atoms with van der Waals surface area (Å²) in [5.74, 6) is -1.01. The molecule has 0 aromatic heterocycles. The van der Waals surface area contributed by atoms with Crippen LogP contribution in [0, 0.1) is 6.92 Å². The first-order chi connectivity index (χ1) is 14.8. The van der Waals surface area contributed by atoms with Crippen molar-refractivity contribution in [1.29, 1.82) is 0 Å². The van der Waals surface area contributed by atoms with Crippen molar-refractivity contribution in [1.82, 2.24) is 10.9 Å². The summed E-state index contributed by atoms with van der Waals surface area (Å²) in [6, 6.07) is 21.3. The number of hydrazine groups is 1. The van der Waals surface area contributed by atoms with Gasteiger partial charge < -0.3 is 0 Å². The van der Waals surface area contributed by atoms with Crippen molar-refractivity contribution in [3.05, 3.63) is 95.6 Å². The fraction of sp³-hybridized carbons (Fsp3) is 0.130. The number of amides is 2. The number of hydrogen-bond donors (Lipinski definition) is 2. The van der Waals surface area contributed by atoms with Crippen molar-refractivity contribution < 1.29 is 18.0 Å². The van der Waals surface area contributed by atoms with E-state index in [-0.39, 0.29) is 17.0 Å². The van der Waals surface area contributed by atoms with Crippen molar-refractivity contribution in [2.24, 2.45) is 0 Å². The molecule has 0 saturated carbocycles. The highest BCUT2D eigenvalue weighted by Crippen LogP contribution is 2.23. The normalized spacial score (nSPS) is 10.9. The molecule has 31 heavy (non-hydrogen) atoms. The van der Waals surface area contributed by atoms with Gasteiger partial charge >= 0.3 is 0 Å². The number of benzene rings is 3. The molecule has 0 aliphatic heterocycles. The van der Waals surface area contributed by atoms with E-state index in [9.17, 15) is 18.0 Å². The van der Waals surface area contributed by atoms with Crippen molar-refractivity contribution in [2.45, 2.75) is 18.7 Å². The highest BCUT2D eigenvalue weighted by atomic mass is 32.2. The average Bonchev–Trinajstić information content (AvgIpc) is 2.79. The lowest BCUT2D eigenvalue weighted by Gasteiger charge is -2.23. The van der Waals surface area contributed by atoms with Gasteiger partial charge in [0.15, 0.2) is 0 Å². The Kier molecular flexibility index (Phi) is 6.71. The van der Waals surface area contributed by atoms with Crippen LogP contribution in [0.1, 0.15) is 33.2 Å². The van der Waals surface area contributed by atoms with E-state index < -0.39 is 21.8 Å². The van der Waals surface area contributed by atoms with E-state index in [1.807, 2.05) is 13.0 Å². The first kappa shape index (κ1) is 22.0. The topological polar surface area (TPSA) is 95.6 Å². The van der Waals surface area contributed by atoms with Gasteiger partial charge in [-0.3, -0.25) is 24.7 Å². The zero-order valence-electron chi connectivity index (χ0n) is 17.2. The van der Waals surface area contributed by atoms with Crippen LogP contribution < -0.4 is 15.2 Å². The van der Waals surface area contributed by atoms with Gasteiger partial charge in [0.25, 0.3) is 21.8 Å². The minimum atomic E-state index is -3.78. The van der Waals surface area contributed by atoms with Crippen molar-refractivity contribution in [3.63, 3.8) is 0 Å². The fourth-order valence-corrected chi connectivity index (χ4v) is 4.43. The van der Waals surface area contributed by atoms with Crippen LogP contribution in [0.4, 0.5) is 5.69 Å². The van der Waals surface area contributed by atoms with Gasteiger partial charge in [0.05, 0.1) is 10.6 Å². The lowest BCUT2D eigenvalue weighted by atomic mass is 10.1. The molecular formula is C23H23N3O4S. The molecular weight excluding hydrogens is 414 g/mol. The second-order valence-electron chi connectivity index (χ2n) is 6.80. The average molecular weight is 438 g/mol. The van der Waals surface area contributed by atoms with Crippen LogP contribution in [0.25, 0.3) is 0 Å². The first-order valence-electron chi connectivity index (χ1n) is 9.68. The number of sulfonamides is 1. The Labute approximate surface area is 181 Å². The Balaban J connectivity index is 1.69. The maximum absolute atomic E-state index is 13.0. The summed E-state index contributed by atoms with van der Waals surface area (Å²) in [6.07, 6.45) is 0. The lowest BCUT2D eigenvalue weighted by molar-refractivity contribution is 0.0846. The smallest absolute Gasteiger partial charge is 0.267 e. The second kappa shape index (κ2) is 9.44. The van der Waals surface area contributed by atoms with Crippen LogP contribution in [0.3, 0.4) is 0 Å². The third kappa shape index (κ3) is 5.10. The zero-order valence-corrected chi connectivity index (χ0v) is 18.0. The van der Waals surface area contributed by atoms with E-state index in [4.69, 9.17) is 0 Å². The largest absolute Gasteiger partial charge is 0.269 e. The molecule has 0 radical (unpaired) electrons.